The first-order chi connectivity index (χ1) is 16.0. The number of benzene rings is 2. The van der Waals surface area contributed by atoms with Crippen LogP contribution in [0, 0.1) is 23.7 Å². The number of hydrogen-bond donors (Lipinski definition) is 2. The summed E-state index contributed by atoms with van der Waals surface area (Å²) < 4.78 is 1.83. The van der Waals surface area contributed by atoms with E-state index in [4.69, 9.17) is 0 Å². The Hall–Kier alpha value is -2.84. The van der Waals surface area contributed by atoms with Crippen molar-refractivity contribution in [2.75, 3.05) is 0 Å². The van der Waals surface area contributed by atoms with Crippen LogP contribution in [0.15, 0.2) is 92.0 Å². The first-order valence-electron chi connectivity index (χ1n) is 10.6. The summed E-state index contributed by atoms with van der Waals surface area (Å²) in [5.41, 5.74) is 8.15. The number of allylic oxidation sites excluding steroid dienone is 4. The number of nitrogens with zero attached hydrogens (tertiary/aromatic N) is 2. The molecular weight excluding hydrogens is 548 g/mol. The minimum atomic E-state index is -0.250. The zero-order valence-electron chi connectivity index (χ0n) is 17.4. The van der Waals surface area contributed by atoms with Crippen LogP contribution in [0.3, 0.4) is 0 Å². The molecule has 166 valence electrons. The normalized spacial score (nSPS) is 27.1. The Bertz CT molecular complexity index is 1120. The van der Waals surface area contributed by atoms with Crippen LogP contribution >= 0.6 is 31.9 Å². The Morgan fingerprint density at radius 3 is 1.48 bits per heavy atom. The minimum Gasteiger partial charge on any atom is -0.267 e. The van der Waals surface area contributed by atoms with E-state index in [2.05, 4.69) is 65.1 Å². The quantitative estimate of drug-likeness (QED) is 0.398. The smallest absolute Gasteiger partial charge is 0.267 e. The largest absolute Gasteiger partial charge is 0.271 e. The minimum absolute atomic E-state index is 0.124. The van der Waals surface area contributed by atoms with Crippen molar-refractivity contribution in [1.29, 1.82) is 0 Å². The van der Waals surface area contributed by atoms with Crippen molar-refractivity contribution in [3.8, 4) is 0 Å². The molecule has 2 aromatic carbocycles. The average Bonchev–Trinajstić information content (AvgIpc) is 3.45. The van der Waals surface area contributed by atoms with Gasteiger partial charge in [-0.2, -0.15) is 10.2 Å². The van der Waals surface area contributed by atoms with E-state index < -0.39 is 0 Å². The summed E-state index contributed by atoms with van der Waals surface area (Å²) in [6, 6.07) is 14.3. The van der Waals surface area contributed by atoms with E-state index in [1.807, 2.05) is 36.4 Å². The van der Waals surface area contributed by atoms with Gasteiger partial charge in [0.25, 0.3) is 11.8 Å². The van der Waals surface area contributed by atoms with Gasteiger partial charge in [0, 0.05) is 31.9 Å². The van der Waals surface area contributed by atoms with Crippen LogP contribution in [-0.2, 0) is 0 Å². The number of carbonyl (C=O) groups excluding carboxylic acids is 2. The highest BCUT2D eigenvalue weighted by Crippen LogP contribution is 2.50. The molecule has 6 nitrogen and oxygen atoms in total. The maximum Gasteiger partial charge on any atom is 0.271 e. The lowest BCUT2D eigenvalue weighted by molar-refractivity contribution is 0.0946. The number of halogens is 2. The lowest BCUT2D eigenvalue weighted by atomic mass is 9.74. The molecule has 0 heterocycles. The van der Waals surface area contributed by atoms with Crippen molar-refractivity contribution < 1.29 is 9.59 Å². The first kappa shape index (κ1) is 22.0. The Labute approximate surface area is 208 Å². The van der Waals surface area contributed by atoms with Crippen LogP contribution in [0.2, 0.25) is 0 Å². The molecule has 2 amide bonds. The third-order valence-corrected chi connectivity index (χ3v) is 7.41. The Balaban J connectivity index is 1.35. The molecule has 33 heavy (non-hydrogen) atoms. The Morgan fingerprint density at radius 2 is 1.09 bits per heavy atom. The zero-order chi connectivity index (χ0) is 22.9. The van der Waals surface area contributed by atoms with E-state index in [9.17, 15) is 9.59 Å². The summed E-state index contributed by atoms with van der Waals surface area (Å²) in [5.74, 6) is 0.443. The number of carbonyl (C=O) groups is 2. The highest BCUT2D eigenvalue weighted by Gasteiger charge is 2.49. The summed E-state index contributed by atoms with van der Waals surface area (Å²) in [6.45, 7) is 0. The van der Waals surface area contributed by atoms with Gasteiger partial charge in [0.05, 0.1) is 11.4 Å². The molecule has 0 unspecified atom stereocenters. The molecule has 3 aliphatic rings. The second-order valence-electron chi connectivity index (χ2n) is 8.30. The molecular formula is C25H20Br2N4O2. The molecule has 0 spiro atoms. The van der Waals surface area contributed by atoms with Gasteiger partial charge in [0.15, 0.2) is 0 Å². The van der Waals surface area contributed by atoms with Crippen LogP contribution in [0.25, 0.3) is 0 Å². The first-order valence-corrected chi connectivity index (χ1v) is 12.2. The van der Waals surface area contributed by atoms with Crippen LogP contribution in [0.5, 0.6) is 0 Å². The third-order valence-electron chi connectivity index (χ3n) is 6.35. The van der Waals surface area contributed by atoms with Gasteiger partial charge in [-0.1, -0.05) is 44.0 Å². The number of rotatable bonds is 4. The van der Waals surface area contributed by atoms with E-state index in [0.29, 0.717) is 23.0 Å². The predicted molar refractivity (Wildman–Crippen MR) is 135 cm³/mol. The number of nitrogens with one attached hydrogen (secondary N) is 2. The summed E-state index contributed by atoms with van der Waals surface area (Å²) in [4.78, 5) is 25.0. The van der Waals surface area contributed by atoms with E-state index >= 15 is 0 Å². The van der Waals surface area contributed by atoms with Crippen molar-refractivity contribution in [3.63, 3.8) is 0 Å². The van der Waals surface area contributed by atoms with E-state index in [1.165, 1.54) is 0 Å². The molecule has 2 aromatic rings. The molecule has 8 heteroatoms. The van der Waals surface area contributed by atoms with Gasteiger partial charge < -0.3 is 0 Å². The van der Waals surface area contributed by atoms with Gasteiger partial charge in [-0.25, -0.2) is 10.9 Å². The maximum absolute atomic E-state index is 12.5. The maximum atomic E-state index is 12.5. The van der Waals surface area contributed by atoms with Gasteiger partial charge in [0.1, 0.15) is 0 Å². The van der Waals surface area contributed by atoms with Gasteiger partial charge in [-0.15, -0.1) is 0 Å². The molecule has 0 radical (unpaired) electrons. The standard InChI is InChI=1S/C25H20Br2N4O2/c26-18-7-3-14(4-8-18)24(32)30-28-20-11-12-21(23-17-2-1-16(13-17)22(20)23)29-31-25(33)15-5-9-19(27)10-6-15/h1-12,16-17,22-23H,13H2,(H,30,32)(H,31,33)/b28-20-,29-21-/t16-,17-,22+,23+/m0/s1. The molecule has 5 rings (SSSR count). The fourth-order valence-electron chi connectivity index (χ4n) is 4.81. The number of fused-ring (bicyclic) bond motifs is 5. The second-order valence-corrected chi connectivity index (χ2v) is 10.1. The predicted octanol–water partition coefficient (Wildman–Crippen LogP) is 5.09. The van der Waals surface area contributed by atoms with Crippen molar-refractivity contribution in [2.24, 2.45) is 33.9 Å². The highest BCUT2D eigenvalue weighted by molar-refractivity contribution is 9.10. The van der Waals surface area contributed by atoms with Crippen LogP contribution in [-0.4, -0.2) is 23.2 Å². The lowest BCUT2D eigenvalue weighted by Gasteiger charge is -2.31. The van der Waals surface area contributed by atoms with Gasteiger partial charge in [-0.3, -0.25) is 9.59 Å². The van der Waals surface area contributed by atoms with E-state index in [-0.39, 0.29) is 23.7 Å². The third kappa shape index (κ3) is 4.50. The Morgan fingerprint density at radius 1 is 0.697 bits per heavy atom. The van der Waals surface area contributed by atoms with Gasteiger partial charge in [-0.05, 0) is 78.9 Å². The van der Waals surface area contributed by atoms with Crippen LogP contribution in [0.1, 0.15) is 27.1 Å². The fourth-order valence-corrected chi connectivity index (χ4v) is 5.34. The number of amides is 2. The highest BCUT2D eigenvalue weighted by atomic mass is 79.9. The number of hydrazone groups is 2. The molecule has 0 aliphatic heterocycles. The summed E-state index contributed by atoms with van der Waals surface area (Å²) in [5, 5.41) is 8.93. The SMILES string of the molecule is O=C(N/N=C1C=C/C(=N/NC(=O)c2ccc(Br)cc2)[C@@H]2[C@@H]/1[C@H]1C=C[C@H]2C1)c1ccc(Br)cc1. The topological polar surface area (TPSA) is 82.9 Å². The van der Waals surface area contributed by atoms with Gasteiger partial charge in [0.2, 0.25) is 0 Å². The summed E-state index contributed by atoms with van der Waals surface area (Å²) >= 11 is 6.75. The molecule has 1 saturated carbocycles. The van der Waals surface area contributed by atoms with Crippen molar-refractivity contribution in [3.05, 3.63) is 92.9 Å². The van der Waals surface area contributed by atoms with Crippen molar-refractivity contribution >= 4 is 55.1 Å². The molecule has 4 atom stereocenters. The summed E-state index contributed by atoms with van der Waals surface area (Å²) in [7, 11) is 0. The summed E-state index contributed by atoms with van der Waals surface area (Å²) in [6.07, 6.45) is 9.27. The van der Waals surface area contributed by atoms with Crippen molar-refractivity contribution in [1.82, 2.24) is 10.9 Å². The van der Waals surface area contributed by atoms with Gasteiger partial charge >= 0.3 is 0 Å². The molecule has 0 aromatic heterocycles. The van der Waals surface area contributed by atoms with Crippen LogP contribution in [0.4, 0.5) is 0 Å². The monoisotopic (exact) mass is 566 g/mol. The van der Waals surface area contributed by atoms with Crippen molar-refractivity contribution in [2.45, 2.75) is 6.42 Å². The molecule has 2 bridgehead atoms. The lowest BCUT2D eigenvalue weighted by Crippen LogP contribution is -2.37. The zero-order valence-corrected chi connectivity index (χ0v) is 20.6. The Kier molecular flexibility index (Phi) is 6.12. The van der Waals surface area contributed by atoms with Crippen LogP contribution < -0.4 is 10.9 Å². The molecule has 2 N–H and O–H groups in total. The fraction of sp³-hybridized carbons (Fsp3) is 0.200. The molecule has 1 fully saturated rings. The van der Waals surface area contributed by atoms with E-state index in [1.54, 1.807) is 24.3 Å². The second kappa shape index (κ2) is 9.19. The van der Waals surface area contributed by atoms with E-state index in [0.717, 1.165) is 26.8 Å². The average molecular weight is 568 g/mol. The molecule has 3 aliphatic carbocycles. The molecule has 0 saturated heterocycles. The number of hydrogen-bond acceptors (Lipinski definition) is 4.